The van der Waals surface area contributed by atoms with Crippen LogP contribution in [0.25, 0.3) is 0 Å². The summed E-state index contributed by atoms with van der Waals surface area (Å²) in [6.07, 6.45) is 4.64. The maximum atomic E-state index is 12.9. The number of aromatic nitrogens is 2. The fourth-order valence-electron chi connectivity index (χ4n) is 4.25. The number of carbonyl (C=O) groups excluding carboxylic acids is 1. The van der Waals surface area contributed by atoms with Crippen molar-refractivity contribution < 1.29 is 17.9 Å². The molecule has 3 aliphatic rings. The molecule has 0 aromatic carbocycles. The summed E-state index contributed by atoms with van der Waals surface area (Å²) in [6.45, 7) is 5.46. The molecule has 0 N–H and O–H groups in total. The fourth-order valence-corrected chi connectivity index (χ4v) is 6.72. The molecule has 1 spiro atoms. The number of amides is 1. The van der Waals surface area contributed by atoms with Gasteiger partial charge in [0.25, 0.3) is 5.91 Å². The first kappa shape index (κ1) is 16.9. The second kappa shape index (κ2) is 5.72. The Bertz CT molecular complexity index is 785. The highest BCUT2D eigenvalue weighted by atomic mass is 32.2. The Morgan fingerprint density at radius 3 is 2.88 bits per heavy atom. The Morgan fingerprint density at radius 2 is 2.20 bits per heavy atom. The van der Waals surface area contributed by atoms with Crippen LogP contribution >= 0.6 is 0 Å². The van der Waals surface area contributed by atoms with Crippen molar-refractivity contribution in [3.05, 3.63) is 24.3 Å². The van der Waals surface area contributed by atoms with Gasteiger partial charge in [-0.2, -0.15) is 4.31 Å². The lowest BCUT2D eigenvalue weighted by molar-refractivity contribution is -0.0980. The van der Waals surface area contributed by atoms with Gasteiger partial charge < -0.3 is 9.64 Å². The maximum Gasteiger partial charge on any atom is 0.274 e. The standard InChI is InChI=1S/C16H22N4O4S/c1-11(2)7-20-10-16-9-19(15(21)13-6-17-3-4-18-13)8-12(24-16)5-14(16)25(20,22)23/h3-4,6,11-12,14H,5,7-10H2,1-2H3/t12-,14+,16+/m1/s1. The second-order valence-electron chi connectivity index (χ2n) is 7.54. The van der Waals surface area contributed by atoms with Crippen molar-refractivity contribution in [2.75, 3.05) is 26.2 Å². The van der Waals surface area contributed by atoms with Gasteiger partial charge in [-0.1, -0.05) is 13.8 Å². The Morgan fingerprint density at radius 1 is 1.40 bits per heavy atom. The van der Waals surface area contributed by atoms with Crippen molar-refractivity contribution in [1.82, 2.24) is 19.2 Å². The molecule has 1 amide bonds. The summed E-state index contributed by atoms with van der Waals surface area (Å²) in [7, 11) is -3.39. The molecule has 0 saturated carbocycles. The van der Waals surface area contributed by atoms with Crippen LogP contribution in [0.1, 0.15) is 30.8 Å². The van der Waals surface area contributed by atoms with Gasteiger partial charge in [0.1, 0.15) is 16.5 Å². The summed E-state index contributed by atoms with van der Waals surface area (Å²) < 4.78 is 33.5. The zero-order valence-electron chi connectivity index (χ0n) is 14.3. The van der Waals surface area contributed by atoms with Gasteiger partial charge in [-0.25, -0.2) is 13.4 Å². The number of morpholine rings is 1. The Kier molecular flexibility index (Phi) is 3.86. The molecule has 1 aromatic rings. The van der Waals surface area contributed by atoms with E-state index >= 15 is 0 Å². The van der Waals surface area contributed by atoms with E-state index in [4.69, 9.17) is 4.74 Å². The first-order valence-electron chi connectivity index (χ1n) is 8.54. The highest BCUT2D eigenvalue weighted by Gasteiger charge is 2.65. The van der Waals surface area contributed by atoms with Gasteiger partial charge in [0.2, 0.25) is 10.0 Å². The molecule has 1 aromatic heterocycles. The van der Waals surface area contributed by atoms with Crippen molar-refractivity contribution in [3.8, 4) is 0 Å². The molecular formula is C16H22N4O4S. The zero-order valence-corrected chi connectivity index (χ0v) is 15.1. The average molecular weight is 366 g/mol. The highest BCUT2D eigenvalue weighted by Crippen LogP contribution is 2.46. The van der Waals surface area contributed by atoms with E-state index in [0.29, 0.717) is 26.1 Å². The smallest absolute Gasteiger partial charge is 0.274 e. The van der Waals surface area contributed by atoms with E-state index in [0.717, 1.165) is 0 Å². The summed E-state index contributed by atoms with van der Waals surface area (Å²) in [5.74, 6) is 0.0165. The first-order chi connectivity index (χ1) is 11.8. The molecular weight excluding hydrogens is 344 g/mol. The summed E-state index contributed by atoms with van der Waals surface area (Å²) in [5.41, 5.74) is -0.550. The SMILES string of the molecule is CC(C)CN1C[C@@]23CN(C(=O)c4cnccn4)C[C@@H](C[C@@H]2S1(=O)=O)O3. The predicted molar refractivity (Wildman–Crippen MR) is 89.3 cm³/mol. The molecule has 3 fully saturated rings. The van der Waals surface area contributed by atoms with Crippen LogP contribution in [-0.4, -0.2) is 76.6 Å². The number of sulfonamides is 1. The molecule has 25 heavy (non-hydrogen) atoms. The molecule has 3 saturated heterocycles. The van der Waals surface area contributed by atoms with E-state index < -0.39 is 20.9 Å². The van der Waals surface area contributed by atoms with Crippen LogP contribution < -0.4 is 0 Å². The first-order valence-corrected chi connectivity index (χ1v) is 10.0. The molecule has 0 aliphatic carbocycles. The van der Waals surface area contributed by atoms with Crippen LogP contribution in [0.5, 0.6) is 0 Å². The van der Waals surface area contributed by atoms with Crippen molar-refractivity contribution in [3.63, 3.8) is 0 Å². The minimum absolute atomic E-state index is 0.221. The molecule has 8 nitrogen and oxygen atoms in total. The van der Waals surface area contributed by atoms with Gasteiger partial charge in [0.05, 0.1) is 18.8 Å². The van der Waals surface area contributed by atoms with Gasteiger partial charge in [-0.15, -0.1) is 0 Å². The number of rotatable bonds is 3. The van der Waals surface area contributed by atoms with E-state index in [2.05, 4.69) is 9.97 Å². The third-order valence-corrected chi connectivity index (χ3v) is 7.49. The number of carbonyl (C=O) groups is 1. The number of nitrogens with zero attached hydrogens (tertiary/aromatic N) is 4. The molecule has 4 rings (SSSR count). The van der Waals surface area contributed by atoms with Crippen LogP contribution in [0.15, 0.2) is 18.6 Å². The lowest BCUT2D eigenvalue weighted by Crippen LogP contribution is -2.56. The van der Waals surface area contributed by atoms with E-state index in [9.17, 15) is 13.2 Å². The Hall–Kier alpha value is -1.58. The molecule has 2 bridgehead atoms. The molecule has 9 heteroatoms. The van der Waals surface area contributed by atoms with E-state index in [1.807, 2.05) is 13.8 Å². The number of hydrogen-bond donors (Lipinski definition) is 0. The van der Waals surface area contributed by atoms with Crippen molar-refractivity contribution in [2.45, 2.75) is 37.2 Å². The Labute approximate surface area is 147 Å². The summed E-state index contributed by atoms with van der Waals surface area (Å²) >= 11 is 0. The molecule has 0 unspecified atom stereocenters. The third kappa shape index (κ3) is 2.65. The van der Waals surface area contributed by atoms with Gasteiger partial charge in [-0.3, -0.25) is 9.78 Å². The molecule has 3 atom stereocenters. The summed E-state index contributed by atoms with van der Waals surface area (Å²) in [6, 6.07) is 0. The summed E-state index contributed by atoms with van der Waals surface area (Å²) in [4.78, 5) is 22.4. The van der Waals surface area contributed by atoms with E-state index in [1.54, 1.807) is 4.90 Å². The summed E-state index contributed by atoms with van der Waals surface area (Å²) in [5, 5.41) is -0.566. The zero-order chi connectivity index (χ0) is 17.8. The minimum Gasteiger partial charge on any atom is -0.365 e. The van der Waals surface area contributed by atoms with Gasteiger partial charge in [-0.05, 0) is 12.3 Å². The lowest BCUT2D eigenvalue weighted by atomic mass is 9.99. The van der Waals surface area contributed by atoms with Crippen molar-refractivity contribution in [1.29, 1.82) is 0 Å². The number of ether oxygens (including phenoxy) is 1. The number of fused-ring (bicyclic) bond motifs is 1. The van der Waals surface area contributed by atoms with Crippen LogP contribution in [0.2, 0.25) is 0 Å². The van der Waals surface area contributed by atoms with Crippen LogP contribution in [0.4, 0.5) is 0 Å². The quantitative estimate of drug-likeness (QED) is 0.755. The molecule has 0 radical (unpaired) electrons. The monoisotopic (exact) mass is 366 g/mol. The molecule has 3 aliphatic heterocycles. The van der Waals surface area contributed by atoms with Crippen LogP contribution in [0, 0.1) is 5.92 Å². The highest BCUT2D eigenvalue weighted by molar-refractivity contribution is 7.90. The van der Waals surface area contributed by atoms with Gasteiger partial charge in [0, 0.05) is 32.0 Å². The predicted octanol–water partition coefficient (Wildman–Crippen LogP) is 0.130. The van der Waals surface area contributed by atoms with Crippen molar-refractivity contribution in [2.24, 2.45) is 5.92 Å². The molecule has 136 valence electrons. The van der Waals surface area contributed by atoms with Crippen LogP contribution in [0.3, 0.4) is 0 Å². The van der Waals surface area contributed by atoms with Crippen LogP contribution in [-0.2, 0) is 14.8 Å². The fraction of sp³-hybridized carbons (Fsp3) is 0.688. The normalized spacial score (nSPS) is 33.6. The lowest BCUT2D eigenvalue weighted by Gasteiger charge is -2.39. The largest absolute Gasteiger partial charge is 0.365 e. The Balaban J connectivity index is 1.61. The maximum absolute atomic E-state index is 12.9. The van der Waals surface area contributed by atoms with Gasteiger partial charge >= 0.3 is 0 Å². The second-order valence-corrected chi connectivity index (χ2v) is 9.65. The van der Waals surface area contributed by atoms with Crippen molar-refractivity contribution >= 4 is 15.9 Å². The minimum atomic E-state index is -3.39. The van der Waals surface area contributed by atoms with E-state index in [1.165, 1.54) is 22.9 Å². The molecule has 4 heterocycles. The number of hydrogen-bond acceptors (Lipinski definition) is 6. The third-order valence-electron chi connectivity index (χ3n) is 5.15. The number of likely N-dealkylation sites (tertiary alicyclic amines) is 1. The average Bonchev–Trinajstić information content (AvgIpc) is 2.93. The van der Waals surface area contributed by atoms with Gasteiger partial charge in [0.15, 0.2) is 0 Å². The van der Waals surface area contributed by atoms with E-state index in [-0.39, 0.29) is 30.2 Å². The topological polar surface area (TPSA) is 92.7 Å².